The molecule has 1 aliphatic heterocycles. The highest BCUT2D eigenvalue weighted by molar-refractivity contribution is 7.99. The lowest BCUT2D eigenvalue weighted by Gasteiger charge is -2.24. The van der Waals surface area contributed by atoms with Crippen molar-refractivity contribution in [3.63, 3.8) is 0 Å². The summed E-state index contributed by atoms with van der Waals surface area (Å²) in [5, 5.41) is 0. The Bertz CT molecular complexity index is 934. The Labute approximate surface area is 151 Å². The molecular weight excluding hydrogens is 330 g/mol. The van der Waals surface area contributed by atoms with Gasteiger partial charge in [-0.1, -0.05) is 25.1 Å². The van der Waals surface area contributed by atoms with Crippen LogP contribution in [0.25, 0.3) is 5.65 Å². The molecule has 2 aromatic heterocycles. The number of hydrogen-bond donors (Lipinski definition) is 0. The number of carbonyl (C=O) groups excluding carboxylic acids is 1. The van der Waals surface area contributed by atoms with Gasteiger partial charge in [-0.2, -0.15) is 0 Å². The molecule has 0 saturated heterocycles. The minimum Gasteiger partial charge on any atom is -0.311 e. The number of nitrogens with zero attached hydrogens (tertiary/aromatic N) is 3. The first-order valence-corrected chi connectivity index (χ1v) is 9.56. The number of fused-ring (bicyclic) bond motifs is 2. The molecule has 0 bridgehead atoms. The molecule has 0 aliphatic carbocycles. The van der Waals surface area contributed by atoms with Crippen molar-refractivity contribution in [2.45, 2.75) is 25.2 Å². The summed E-state index contributed by atoms with van der Waals surface area (Å²) in [6, 6.07) is 12.2. The number of anilines is 1. The van der Waals surface area contributed by atoms with E-state index in [0.717, 1.165) is 34.9 Å². The van der Waals surface area contributed by atoms with Gasteiger partial charge in [-0.05, 0) is 36.6 Å². The van der Waals surface area contributed by atoms with E-state index in [-0.39, 0.29) is 5.91 Å². The number of rotatable bonds is 2. The van der Waals surface area contributed by atoms with Crippen molar-refractivity contribution in [1.82, 2.24) is 9.38 Å². The SMILES string of the molecule is Cc1cccn2c(CC(=O)N3CC(C)CSc4ccccc43)cnc12. The van der Waals surface area contributed by atoms with E-state index in [4.69, 9.17) is 0 Å². The third kappa shape index (κ3) is 3.04. The van der Waals surface area contributed by atoms with Crippen molar-refractivity contribution in [2.75, 3.05) is 17.2 Å². The molecule has 3 heterocycles. The normalized spacial score (nSPS) is 17.4. The Balaban J connectivity index is 1.67. The van der Waals surface area contributed by atoms with Crippen LogP contribution < -0.4 is 4.90 Å². The van der Waals surface area contributed by atoms with E-state index in [9.17, 15) is 4.79 Å². The maximum absolute atomic E-state index is 13.1. The average molecular weight is 351 g/mol. The number of aryl methyl sites for hydroxylation is 1. The second-order valence-electron chi connectivity index (χ2n) is 6.70. The third-order valence-corrected chi connectivity index (χ3v) is 6.01. The summed E-state index contributed by atoms with van der Waals surface area (Å²) in [4.78, 5) is 20.8. The van der Waals surface area contributed by atoms with Crippen molar-refractivity contribution < 1.29 is 4.79 Å². The molecule has 1 aromatic carbocycles. The number of hydrogen-bond acceptors (Lipinski definition) is 3. The molecule has 4 rings (SSSR count). The summed E-state index contributed by atoms with van der Waals surface area (Å²) in [6.07, 6.45) is 4.16. The number of para-hydroxylation sites is 1. The van der Waals surface area contributed by atoms with Crippen molar-refractivity contribution in [1.29, 1.82) is 0 Å². The zero-order valence-corrected chi connectivity index (χ0v) is 15.3. The maximum Gasteiger partial charge on any atom is 0.233 e. The van der Waals surface area contributed by atoms with Crippen molar-refractivity contribution in [3.05, 3.63) is 60.0 Å². The van der Waals surface area contributed by atoms with Crippen LogP contribution in [0.5, 0.6) is 0 Å². The molecule has 128 valence electrons. The first-order chi connectivity index (χ1) is 12.1. The van der Waals surface area contributed by atoms with Crippen LogP contribution in [0.1, 0.15) is 18.2 Å². The molecule has 0 N–H and O–H groups in total. The first kappa shape index (κ1) is 16.2. The number of carbonyl (C=O) groups is 1. The van der Waals surface area contributed by atoms with Gasteiger partial charge in [-0.25, -0.2) is 4.98 Å². The fourth-order valence-corrected chi connectivity index (χ4v) is 4.39. The Kier molecular flexibility index (Phi) is 4.25. The van der Waals surface area contributed by atoms with Gasteiger partial charge in [0, 0.05) is 29.6 Å². The van der Waals surface area contributed by atoms with Crippen LogP contribution in [0.3, 0.4) is 0 Å². The standard InChI is InChI=1S/C20H21N3OS/c1-14-12-23(17-7-3-4-8-18(17)25-13-14)19(24)10-16-11-21-20-15(2)6-5-9-22(16)20/h3-9,11,14H,10,12-13H2,1-2H3. The Morgan fingerprint density at radius 2 is 2.12 bits per heavy atom. The summed E-state index contributed by atoms with van der Waals surface area (Å²) in [5.74, 6) is 1.63. The zero-order valence-electron chi connectivity index (χ0n) is 14.5. The highest BCUT2D eigenvalue weighted by Crippen LogP contribution is 2.35. The van der Waals surface area contributed by atoms with E-state index < -0.39 is 0 Å². The predicted molar refractivity (Wildman–Crippen MR) is 102 cm³/mol. The van der Waals surface area contributed by atoms with Crippen LogP contribution in [0.15, 0.2) is 53.7 Å². The fourth-order valence-electron chi connectivity index (χ4n) is 3.32. The van der Waals surface area contributed by atoms with Gasteiger partial charge >= 0.3 is 0 Å². The molecule has 0 fully saturated rings. The molecule has 1 amide bonds. The molecular formula is C20H21N3OS. The van der Waals surface area contributed by atoms with E-state index in [1.54, 1.807) is 0 Å². The second-order valence-corrected chi connectivity index (χ2v) is 7.76. The Morgan fingerprint density at radius 1 is 1.28 bits per heavy atom. The van der Waals surface area contributed by atoms with Gasteiger partial charge in [0.2, 0.25) is 5.91 Å². The molecule has 1 unspecified atom stereocenters. The number of amides is 1. The molecule has 1 atom stereocenters. The van der Waals surface area contributed by atoms with Gasteiger partial charge in [-0.3, -0.25) is 4.79 Å². The minimum atomic E-state index is 0.130. The van der Waals surface area contributed by atoms with Crippen molar-refractivity contribution >= 4 is 29.0 Å². The lowest BCUT2D eigenvalue weighted by molar-refractivity contribution is -0.118. The van der Waals surface area contributed by atoms with E-state index in [1.807, 2.05) is 64.6 Å². The largest absolute Gasteiger partial charge is 0.311 e. The monoisotopic (exact) mass is 351 g/mol. The van der Waals surface area contributed by atoms with Gasteiger partial charge in [0.1, 0.15) is 5.65 Å². The maximum atomic E-state index is 13.1. The van der Waals surface area contributed by atoms with Crippen molar-refractivity contribution in [2.24, 2.45) is 5.92 Å². The average Bonchev–Trinajstić information content (AvgIpc) is 2.94. The van der Waals surface area contributed by atoms with Crippen LogP contribution in [0.2, 0.25) is 0 Å². The Morgan fingerprint density at radius 3 is 3.00 bits per heavy atom. The van der Waals surface area contributed by atoms with Gasteiger partial charge in [0.25, 0.3) is 0 Å². The van der Waals surface area contributed by atoms with Crippen molar-refractivity contribution in [3.8, 4) is 0 Å². The van der Waals surface area contributed by atoms with Gasteiger partial charge in [-0.15, -0.1) is 11.8 Å². The van der Waals surface area contributed by atoms with Crippen LogP contribution in [0.4, 0.5) is 5.69 Å². The van der Waals surface area contributed by atoms with E-state index in [1.165, 1.54) is 4.90 Å². The molecule has 0 spiro atoms. The summed E-state index contributed by atoms with van der Waals surface area (Å²) < 4.78 is 2.02. The molecule has 3 aromatic rings. The summed E-state index contributed by atoms with van der Waals surface area (Å²) in [7, 11) is 0. The van der Waals surface area contributed by atoms with Gasteiger partial charge < -0.3 is 9.30 Å². The first-order valence-electron chi connectivity index (χ1n) is 8.57. The molecule has 4 nitrogen and oxygen atoms in total. The second kappa shape index (κ2) is 6.56. The molecule has 1 aliphatic rings. The minimum absolute atomic E-state index is 0.130. The Hall–Kier alpha value is -2.27. The van der Waals surface area contributed by atoms with Gasteiger partial charge in [0.05, 0.1) is 17.8 Å². The highest BCUT2D eigenvalue weighted by Gasteiger charge is 2.25. The van der Waals surface area contributed by atoms with Crippen LogP contribution in [-0.4, -0.2) is 27.6 Å². The lowest BCUT2D eigenvalue weighted by atomic mass is 10.1. The number of benzene rings is 1. The third-order valence-electron chi connectivity index (χ3n) is 4.61. The number of imidazole rings is 1. The number of pyridine rings is 1. The van der Waals surface area contributed by atoms with Gasteiger partial charge in [0.15, 0.2) is 0 Å². The van der Waals surface area contributed by atoms with E-state index >= 15 is 0 Å². The number of aromatic nitrogens is 2. The summed E-state index contributed by atoms with van der Waals surface area (Å²) >= 11 is 1.84. The van der Waals surface area contributed by atoms with Crippen LogP contribution >= 0.6 is 11.8 Å². The molecule has 0 radical (unpaired) electrons. The fraction of sp³-hybridized carbons (Fsp3) is 0.300. The quantitative estimate of drug-likeness (QED) is 0.701. The highest BCUT2D eigenvalue weighted by atomic mass is 32.2. The molecule has 0 saturated carbocycles. The molecule has 25 heavy (non-hydrogen) atoms. The van der Waals surface area contributed by atoms with Crippen LogP contribution in [0, 0.1) is 12.8 Å². The summed E-state index contributed by atoms with van der Waals surface area (Å²) in [6.45, 7) is 5.01. The van der Waals surface area contributed by atoms with Crippen LogP contribution in [-0.2, 0) is 11.2 Å². The smallest absolute Gasteiger partial charge is 0.233 e. The van der Waals surface area contributed by atoms with E-state index in [0.29, 0.717) is 12.3 Å². The molecule has 5 heteroatoms. The lowest BCUT2D eigenvalue weighted by Crippen LogP contribution is -2.36. The predicted octanol–water partition coefficient (Wildman–Crippen LogP) is 3.96. The number of thioether (sulfide) groups is 1. The summed E-state index contributed by atoms with van der Waals surface area (Å²) in [5.41, 5.74) is 4.01. The zero-order chi connectivity index (χ0) is 17.4. The van der Waals surface area contributed by atoms with E-state index in [2.05, 4.69) is 24.0 Å². The topological polar surface area (TPSA) is 37.6 Å².